The lowest BCUT2D eigenvalue weighted by Crippen LogP contribution is -2.22. The molecule has 0 saturated carbocycles. The Kier molecular flexibility index (Phi) is 3.99. The molecular formula is C14H14N2OS. The lowest BCUT2D eigenvalue weighted by molar-refractivity contribution is 0.0950. The molecule has 0 atom stereocenters. The summed E-state index contributed by atoms with van der Waals surface area (Å²) in [7, 11) is 0. The van der Waals surface area contributed by atoms with Gasteiger partial charge in [0.05, 0.1) is 0 Å². The number of nitrogens with one attached hydrogen (secondary N) is 1. The average Bonchev–Trinajstić information content (AvgIpc) is 2.38. The molecule has 0 radical (unpaired) electrons. The number of rotatable bonds is 3. The molecule has 0 aliphatic heterocycles. The number of benzene rings is 1. The second kappa shape index (κ2) is 5.69. The van der Waals surface area contributed by atoms with E-state index in [1.807, 2.05) is 31.2 Å². The lowest BCUT2D eigenvalue weighted by Gasteiger charge is -2.05. The van der Waals surface area contributed by atoms with Gasteiger partial charge in [0.2, 0.25) is 0 Å². The summed E-state index contributed by atoms with van der Waals surface area (Å²) >= 11 is 4.21. The molecule has 0 bridgehead atoms. The van der Waals surface area contributed by atoms with E-state index in [9.17, 15) is 4.79 Å². The summed E-state index contributed by atoms with van der Waals surface area (Å²) in [5.41, 5.74) is 2.56. The molecule has 1 N–H and O–H groups in total. The van der Waals surface area contributed by atoms with Crippen LogP contribution in [-0.2, 0) is 6.54 Å². The zero-order valence-electron chi connectivity index (χ0n) is 10.1. The van der Waals surface area contributed by atoms with E-state index in [-0.39, 0.29) is 5.91 Å². The monoisotopic (exact) mass is 258 g/mol. The third-order valence-electron chi connectivity index (χ3n) is 2.53. The van der Waals surface area contributed by atoms with Gasteiger partial charge < -0.3 is 5.32 Å². The summed E-state index contributed by atoms with van der Waals surface area (Å²) in [5, 5.41) is 2.85. The van der Waals surface area contributed by atoms with Gasteiger partial charge in [-0.1, -0.05) is 12.1 Å². The van der Waals surface area contributed by atoms with Crippen LogP contribution in [0.4, 0.5) is 0 Å². The first-order chi connectivity index (χ1) is 8.65. The molecule has 1 amide bonds. The lowest BCUT2D eigenvalue weighted by atomic mass is 10.2. The van der Waals surface area contributed by atoms with Gasteiger partial charge in [-0.15, -0.1) is 12.6 Å². The van der Waals surface area contributed by atoms with Gasteiger partial charge in [0.15, 0.2) is 0 Å². The Morgan fingerprint density at radius 2 is 2.17 bits per heavy atom. The van der Waals surface area contributed by atoms with Gasteiger partial charge >= 0.3 is 0 Å². The second-order valence-electron chi connectivity index (χ2n) is 4.04. The van der Waals surface area contributed by atoms with Crippen LogP contribution in [0.1, 0.15) is 21.6 Å². The maximum Gasteiger partial charge on any atom is 0.251 e. The smallest absolute Gasteiger partial charge is 0.251 e. The highest BCUT2D eigenvalue weighted by molar-refractivity contribution is 7.80. The Balaban J connectivity index is 1.98. The number of hydrogen-bond donors (Lipinski definition) is 2. The molecule has 1 aromatic carbocycles. The molecule has 0 aliphatic carbocycles. The second-order valence-corrected chi connectivity index (χ2v) is 4.56. The highest BCUT2D eigenvalue weighted by atomic mass is 32.1. The fourth-order valence-electron chi connectivity index (χ4n) is 1.53. The largest absolute Gasteiger partial charge is 0.348 e. The van der Waals surface area contributed by atoms with E-state index < -0.39 is 0 Å². The molecule has 3 nitrogen and oxygen atoms in total. The van der Waals surface area contributed by atoms with Gasteiger partial charge in [-0.2, -0.15) is 0 Å². The molecule has 2 aromatic rings. The number of hydrogen-bond acceptors (Lipinski definition) is 3. The number of pyridine rings is 1. The summed E-state index contributed by atoms with van der Waals surface area (Å²) in [4.78, 5) is 16.8. The highest BCUT2D eigenvalue weighted by Gasteiger charge is 2.05. The van der Waals surface area contributed by atoms with E-state index in [1.165, 1.54) is 0 Å². The minimum Gasteiger partial charge on any atom is -0.348 e. The highest BCUT2D eigenvalue weighted by Crippen LogP contribution is 2.09. The van der Waals surface area contributed by atoms with Crippen LogP contribution in [0.25, 0.3) is 0 Å². The summed E-state index contributed by atoms with van der Waals surface area (Å²) in [5.74, 6) is -0.105. The Morgan fingerprint density at radius 3 is 2.83 bits per heavy atom. The molecule has 0 aliphatic rings. The summed E-state index contributed by atoms with van der Waals surface area (Å²) < 4.78 is 0. The fourth-order valence-corrected chi connectivity index (χ4v) is 1.76. The van der Waals surface area contributed by atoms with Gasteiger partial charge in [-0.3, -0.25) is 9.78 Å². The van der Waals surface area contributed by atoms with E-state index in [0.717, 1.165) is 16.2 Å². The first-order valence-corrected chi connectivity index (χ1v) is 6.08. The number of carbonyl (C=O) groups is 1. The summed E-state index contributed by atoms with van der Waals surface area (Å²) in [6.45, 7) is 2.41. The third-order valence-corrected chi connectivity index (χ3v) is 2.81. The molecular weight excluding hydrogens is 244 g/mol. The van der Waals surface area contributed by atoms with E-state index in [2.05, 4.69) is 22.9 Å². The SMILES string of the molecule is Cc1ccc(CNC(=O)c2cccc(S)c2)cn1. The normalized spacial score (nSPS) is 10.1. The number of thiol groups is 1. The van der Waals surface area contributed by atoms with Crippen LogP contribution >= 0.6 is 12.6 Å². The zero-order valence-corrected chi connectivity index (χ0v) is 10.9. The van der Waals surface area contributed by atoms with Gasteiger partial charge in [0.1, 0.15) is 0 Å². The Labute approximate surface area is 112 Å². The maximum atomic E-state index is 11.9. The van der Waals surface area contributed by atoms with Crippen molar-refractivity contribution in [2.75, 3.05) is 0 Å². The maximum absolute atomic E-state index is 11.9. The summed E-state index contributed by atoms with van der Waals surface area (Å²) in [6.07, 6.45) is 1.77. The third kappa shape index (κ3) is 3.34. The predicted octanol–water partition coefficient (Wildman–Crippen LogP) is 2.61. The van der Waals surface area contributed by atoms with Crippen LogP contribution in [0.15, 0.2) is 47.5 Å². The first kappa shape index (κ1) is 12.6. The van der Waals surface area contributed by atoms with Crippen molar-refractivity contribution in [1.29, 1.82) is 0 Å². The van der Waals surface area contributed by atoms with E-state index in [0.29, 0.717) is 12.1 Å². The number of nitrogens with zero attached hydrogens (tertiary/aromatic N) is 1. The molecule has 18 heavy (non-hydrogen) atoms. The van der Waals surface area contributed by atoms with E-state index in [1.54, 1.807) is 18.3 Å². The van der Waals surface area contributed by atoms with Crippen molar-refractivity contribution in [2.24, 2.45) is 0 Å². The van der Waals surface area contributed by atoms with Gasteiger partial charge in [-0.25, -0.2) is 0 Å². The summed E-state index contributed by atoms with van der Waals surface area (Å²) in [6, 6.07) is 11.0. The molecule has 2 rings (SSSR count). The number of aromatic nitrogens is 1. The van der Waals surface area contributed by atoms with Crippen LogP contribution in [0, 0.1) is 6.92 Å². The molecule has 0 fully saturated rings. The van der Waals surface area contributed by atoms with Crippen LogP contribution in [-0.4, -0.2) is 10.9 Å². The van der Waals surface area contributed by atoms with Crippen molar-refractivity contribution in [1.82, 2.24) is 10.3 Å². The standard InChI is InChI=1S/C14H14N2OS/c1-10-5-6-11(8-15-10)9-16-14(17)12-3-2-4-13(18)7-12/h2-8,18H,9H2,1H3,(H,16,17). The average molecular weight is 258 g/mol. The van der Waals surface area contributed by atoms with E-state index >= 15 is 0 Å². The Bertz CT molecular complexity index is 552. The van der Waals surface area contributed by atoms with Crippen LogP contribution in [0.3, 0.4) is 0 Å². The molecule has 4 heteroatoms. The Hall–Kier alpha value is -1.81. The number of aryl methyl sites for hydroxylation is 1. The van der Waals surface area contributed by atoms with Crippen molar-refractivity contribution >= 4 is 18.5 Å². The van der Waals surface area contributed by atoms with Crippen molar-refractivity contribution in [3.05, 3.63) is 59.4 Å². The predicted molar refractivity (Wildman–Crippen MR) is 73.8 cm³/mol. The minimum absolute atomic E-state index is 0.105. The quantitative estimate of drug-likeness (QED) is 0.831. The van der Waals surface area contributed by atoms with Gasteiger partial charge in [-0.05, 0) is 36.8 Å². The number of carbonyl (C=O) groups excluding carboxylic acids is 1. The molecule has 0 unspecified atom stereocenters. The first-order valence-electron chi connectivity index (χ1n) is 5.64. The van der Waals surface area contributed by atoms with E-state index in [4.69, 9.17) is 0 Å². The van der Waals surface area contributed by atoms with Crippen LogP contribution in [0.5, 0.6) is 0 Å². The molecule has 1 heterocycles. The Morgan fingerprint density at radius 1 is 1.33 bits per heavy atom. The van der Waals surface area contributed by atoms with Gasteiger partial charge in [0, 0.05) is 28.9 Å². The molecule has 0 spiro atoms. The van der Waals surface area contributed by atoms with Crippen LogP contribution in [0.2, 0.25) is 0 Å². The van der Waals surface area contributed by atoms with Crippen molar-refractivity contribution < 1.29 is 4.79 Å². The van der Waals surface area contributed by atoms with Crippen molar-refractivity contribution in [3.63, 3.8) is 0 Å². The molecule has 0 saturated heterocycles. The molecule has 1 aromatic heterocycles. The van der Waals surface area contributed by atoms with Gasteiger partial charge in [0.25, 0.3) is 5.91 Å². The van der Waals surface area contributed by atoms with Crippen molar-refractivity contribution in [3.8, 4) is 0 Å². The molecule has 92 valence electrons. The topological polar surface area (TPSA) is 42.0 Å². The fraction of sp³-hybridized carbons (Fsp3) is 0.143. The van der Waals surface area contributed by atoms with Crippen molar-refractivity contribution in [2.45, 2.75) is 18.4 Å². The number of amides is 1. The zero-order chi connectivity index (χ0) is 13.0. The minimum atomic E-state index is -0.105. The van der Waals surface area contributed by atoms with Crippen LogP contribution < -0.4 is 5.32 Å².